The summed E-state index contributed by atoms with van der Waals surface area (Å²) in [5, 5.41) is 7.21. The number of nitrogens with one attached hydrogen (secondary N) is 1. The van der Waals surface area contributed by atoms with Gasteiger partial charge < -0.3 is 14.5 Å². The fourth-order valence-corrected chi connectivity index (χ4v) is 3.23. The van der Waals surface area contributed by atoms with Crippen LogP contribution < -0.4 is 5.32 Å². The van der Waals surface area contributed by atoms with Crippen molar-refractivity contribution in [2.24, 2.45) is 0 Å². The lowest BCUT2D eigenvalue weighted by Gasteiger charge is -2.33. The molecule has 1 N–H and O–H groups in total. The molecule has 0 spiro atoms. The van der Waals surface area contributed by atoms with Crippen LogP contribution in [0.4, 0.5) is 0 Å². The van der Waals surface area contributed by atoms with Crippen LogP contribution in [0.25, 0.3) is 5.52 Å². The minimum atomic E-state index is -0.172. The average molecular weight is 355 g/mol. The Labute approximate surface area is 150 Å². The lowest BCUT2D eigenvalue weighted by atomic mass is 10.1. The molecule has 4 rings (SSSR count). The van der Waals surface area contributed by atoms with Crippen molar-refractivity contribution in [2.75, 3.05) is 32.8 Å². The van der Waals surface area contributed by atoms with Crippen molar-refractivity contribution < 1.29 is 13.9 Å². The number of amides is 1. The van der Waals surface area contributed by atoms with E-state index in [0.29, 0.717) is 30.8 Å². The summed E-state index contributed by atoms with van der Waals surface area (Å²) in [5.74, 6) is 1.54. The molecule has 0 saturated carbocycles. The van der Waals surface area contributed by atoms with Crippen molar-refractivity contribution in [1.82, 2.24) is 24.8 Å². The Bertz CT molecular complexity index is 897. The quantitative estimate of drug-likeness (QED) is 0.745. The van der Waals surface area contributed by atoms with Crippen LogP contribution in [0.3, 0.4) is 0 Å². The van der Waals surface area contributed by atoms with E-state index in [-0.39, 0.29) is 11.9 Å². The maximum absolute atomic E-state index is 12.7. The monoisotopic (exact) mass is 355 g/mol. The number of carbonyl (C=O) groups is 1. The van der Waals surface area contributed by atoms with Crippen molar-refractivity contribution in [3.05, 3.63) is 54.0 Å². The number of furan rings is 1. The largest absolute Gasteiger partial charge is 0.465 e. The Balaban J connectivity index is 1.51. The van der Waals surface area contributed by atoms with Gasteiger partial charge in [-0.25, -0.2) is 4.52 Å². The van der Waals surface area contributed by atoms with Crippen molar-refractivity contribution in [3.8, 4) is 0 Å². The van der Waals surface area contributed by atoms with Gasteiger partial charge in [-0.2, -0.15) is 5.10 Å². The van der Waals surface area contributed by atoms with E-state index < -0.39 is 0 Å². The third-order valence-electron chi connectivity index (χ3n) is 4.60. The van der Waals surface area contributed by atoms with Gasteiger partial charge in [-0.05, 0) is 19.1 Å². The molecule has 1 aliphatic rings. The highest BCUT2D eigenvalue weighted by molar-refractivity contribution is 6.00. The summed E-state index contributed by atoms with van der Waals surface area (Å²) in [4.78, 5) is 19.0. The fraction of sp³-hybridized carbons (Fsp3) is 0.389. The number of aryl methyl sites for hydroxylation is 1. The number of hydrogen-bond donors (Lipinski definition) is 1. The second-order valence-corrected chi connectivity index (χ2v) is 6.29. The number of fused-ring (bicyclic) bond motifs is 1. The predicted molar refractivity (Wildman–Crippen MR) is 93.9 cm³/mol. The maximum atomic E-state index is 12.7. The van der Waals surface area contributed by atoms with E-state index in [1.165, 1.54) is 0 Å². The lowest BCUT2D eigenvalue weighted by Crippen LogP contribution is -2.43. The number of ether oxygens (including phenoxy) is 1. The first-order valence-electron chi connectivity index (χ1n) is 8.66. The van der Waals surface area contributed by atoms with Crippen LogP contribution in [0.5, 0.6) is 0 Å². The highest BCUT2D eigenvalue weighted by Crippen LogP contribution is 2.23. The molecule has 1 fully saturated rings. The van der Waals surface area contributed by atoms with Gasteiger partial charge in [0.15, 0.2) is 0 Å². The summed E-state index contributed by atoms with van der Waals surface area (Å²) in [7, 11) is 0. The molecule has 1 amide bonds. The minimum absolute atomic E-state index is 0.0310. The molecule has 0 bridgehead atoms. The SMILES string of the molecule is Cc1ccc(C(CNC(=O)c2cnn3ccncc23)N2CCOCC2)o1. The van der Waals surface area contributed by atoms with Crippen molar-refractivity contribution in [2.45, 2.75) is 13.0 Å². The van der Waals surface area contributed by atoms with Crippen molar-refractivity contribution >= 4 is 11.4 Å². The van der Waals surface area contributed by atoms with E-state index in [1.807, 2.05) is 19.1 Å². The number of carbonyl (C=O) groups excluding carboxylic acids is 1. The summed E-state index contributed by atoms with van der Waals surface area (Å²) in [6.45, 7) is 5.35. The van der Waals surface area contributed by atoms with Crippen LogP contribution in [0.2, 0.25) is 0 Å². The molecule has 1 saturated heterocycles. The van der Waals surface area contributed by atoms with E-state index in [4.69, 9.17) is 9.15 Å². The number of aromatic nitrogens is 3. The summed E-state index contributed by atoms with van der Waals surface area (Å²) in [6.07, 6.45) is 6.55. The average Bonchev–Trinajstić information content (AvgIpc) is 3.29. The summed E-state index contributed by atoms with van der Waals surface area (Å²) < 4.78 is 12.9. The van der Waals surface area contributed by atoms with Crippen LogP contribution in [-0.2, 0) is 4.74 Å². The Morgan fingerprint density at radius 3 is 2.92 bits per heavy atom. The molecule has 1 unspecified atom stereocenters. The third-order valence-corrected chi connectivity index (χ3v) is 4.60. The molecule has 8 nitrogen and oxygen atoms in total. The topological polar surface area (TPSA) is 84.9 Å². The zero-order valence-electron chi connectivity index (χ0n) is 14.6. The molecule has 0 aromatic carbocycles. The Morgan fingerprint density at radius 2 is 2.15 bits per heavy atom. The highest BCUT2D eigenvalue weighted by Gasteiger charge is 2.26. The van der Waals surface area contributed by atoms with Gasteiger partial charge in [0.1, 0.15) is 11.5 Å². The van der Waals surface area contributed by atoms with Crippen LogP contribution in [0.1, 0.15) is 27.9 Å². The Kier molecular flexibility index (Phi) is 4.68. The van der Waals surface area contributed by atoms with Gasteiger partial charge in [0.05, 0.1) is 42.7 Å². The van der Waals surface area contributed by atoms with E-state index in [0.717, 1.165) is 24.6 Å². The van der Waals surface area contributed by atoms with E-state index >= 15 is 0 Å². The fourth-order valence-electron chi connectivity index (χ4n) is 3.23. The van der Waals surface area contributed by atoms with Crippen molar-refractivity contribution in [3.63, 3.8) is 0 Å². The summed E-state index contributed by atoms with van der Waals surface area (Å²) in [6, 6.07) is 3.89. The molecule has 0 aliphatic carbocycles. The second kappa shape index (κ2) is 7.27. The lowest BCUT2D eigenvalue weighted by molar-refractivity contribution is 0.0117. The Hall–Kier alpha value is -2.71. The molecule has 3 aromatic heterocycles. The molecule has 26 heavy (non-hydrogen) atoms. The molecule has 1 atom stereocenters. The molecule has 8 heteroatoms. The molecular weight excluding hydrogens is 334 g/mol. The normalized spacial score (nSPS) is 16.7. The van der Waals surface area contributed by atoms with Crippen LogP contribution in [-0.4, -0.2) is 58.3 Å². The molecule has 136 valence electrons. The first-order valence-corrected chi connectivity index (χ1v) is 8.66. The van der Waals surface area contributed by atoms with E-state index in [2.05, 4.69) is 20.3 Å². The second-order valence-electron chi connectivity index (χ2n) is 6.29. The van der Waals surface area contributed by atoms with Crippen LogP contribution in [0.15, 0.2) is 41.3 Å². The zero-order chi connectivity index (χ0) is 17.9. The Morgan fingerprint density at radius 1 is 1.31 bits per heavy atom. The molecule has 0 radical (unpaired) electrons. The predicted octanol–water partition coefficient (Wildman–Crippen LogP) is 1.43. The number of rotatable bonds is 5. The molecule has 3 aromatic rings. The molecular formula is C18H21N5O3. The summed E-state index contributed by atoms with van der Waals surface area (Å²) in [5.41, 5.74) is 1.19. The number of nitrogens with zero attached hydrogens (tertiary/aromatic N) is 4. The van der Waals surface area contributed by atoms with Gasteiger partial charge in [0.25, 0.3) is 5.91 Å². The number of morpholine rings is 1. The van der Waals surface area contributed by atoms with Gasteiger partial charge in [0, 0.05) is 32.0 Å². The van der Waals surface area contributed by atoms with Gasteiger partial charge in [0.2, 0.25) is 0 Å². The smallest absolute Gasteiger partial charge is 0.255 e. The maximum Gasteiger partial charge on any atom is 0.255 e. The van der Waals surface area contributed by atoms with Gasteiger partial charge in [-0.15, -0.1) is 0 Å². The van der Waals surface area contributed by atoms with Crippen LogP contribution in [0, 0.1) is 6.92 Å². The minimum Gasteiger partial charge on any atom is -0.465 e. The number of hydrogen-bond acceptors (Lipinski definition) is 6. The van der Waals surface area contributed by atoms with Gasteiger partial charge >= 0.3 is 0 Å². The van der Waals surface area contributed by atoms with Crippen molar-refractivity contribution in [1.29, 1.82) is 0 Å². The first-order chi connectivity index (χ1) is 12.7. The van der Waals surface area contributed by atoms with E-state index in [9.17, 15) is 4.79 Å². The first kappa shape index (κ1) is 16.7. The third kappa shape index (κ3) is 3.33. The van der Waals surface area contributed by atoms with Gasteiger partial charge in [-0.3, -0.25) is 14.7 Å². The highest BCUT2D eigenvalue weighted by atomic mass is 16.5. The standard InChI is InChI=1S/C18H21N5O3/c1-13-2-3-17(26-13)16(22-6-8-25-9-7-22)12-20-18(24)14-10-21-23-5-4-19-11-15(14)23/h2-5,10-11,16H,6-9,12H2,1H3,(H,20,24). The van der Waals surface area contributed by atoms with E-state index in [1.54, 1.807) is 29.3 Å². The van der Waals surface area contributed by atoms with Gasteiger partial charge in [-0.1, -0.05) is 0 Å². The summed E-state index contributed by atoms with van der Waals surface area (Å²) >= 11 is 0. The zero-order valence-corrected chi connectivity index (χ0v) is 14.6. The molecule has 4 heterocycles. The molecule has 1 aliphatic heterocycles. The van der Waals surface area contributed by atoms with Crippen LogP contribution >= 0.6 is 0 Å².